The van der Waals surface area contributed by atoms with E-state index >= 15 is 0 Å². The van der Waals surface area contributed by atoms with Crippen molar-refractivity contribution in [2.45, 2.75) is 114 Å². The lowest BCUT2D eigenvalue weighted by Gasteiger charge is -2.52. The second-order valence-corrected chi connectivity index (χ2v) is 14.5. The summed E-state index contributed by atoms with van der Waals surface area (Å²) in [6.45, 7) is 11.2. The van der Waals surface area contributed by atoms with Crippen LogP contribution < -0.4 is 10.6 Å². The van der Waals surface area contributed by atoms with E-state index in [-0.39, 0.29) is 29.8 Å². The van der Waals surface area contributed by atoms with E-state index in [1.165, 1.54) is 19.1 Å². The highest BCUT2D eigenvalue weighted by atomic mass is 16.6. The van der Waals surface area contributed by atoms with Crippen LogP contribution in [0.4, 0.5) is 4.79 Å². The van der Waals surface area contributed by atoms with Crippen LogP contribution in [0, 0.1) is 13.8 Å². The number of nitrogens with zero attached hydrogens (tertiary/aromatic N) is 2. The Morgan fingerprint density at radius 1 is 1.10 bits per heavy atom. The number of ether oxygens (including phenoxy) is 2. The van der Waals surface area contributed by atoms with E-state index in [2.05, 4.69) is 15.5 Å². The van der Waals surface area contributed by atoms with Gasteiger partial charge in [0.05, 0.1) is 18.2 Å². The Balaban J connectivity index is 1.46. The minimum Gasteiger partial charge on any atom is -0.507 e. The van der Waals surface area contributed by atoms with Crippen molar-refractivity contribution < 1.29 is 54.2 Å². The second kappa shape index (κ2) is 14.2. The first-order valence-electron chi connectivity index (χ1n) is 16.3. The number of aryl methyl sites for hydroxylation is 2. The van der Waals surface area contributed by atoms with Gasteiger partial charge < -0.3 is 50.5 Å². The molecule has 3 saturated heterocycles. The Bertz CT molecular complexity index is 1380. The third kappa shape index (κ3) is 8.03. The normalized spacial score (nSPS) is 28.8. The van der Waals surface area contributed by atoms with Crippen LogP contribution in [0.25, 0.3) is 0 Å². The van der Waals surface area contributed by atoms with Gasteiger partial charge in [-0.1, -0.05) is 0 Å². The molecule has 3 amide bonds. The predicted molar refractivity (Wildman–Crippen MR) is 171 cm³/mol. The first-order valence-corrected chi connectivity index (χ1v) is 16.3. The van der Waals surface area contributed by atoms with E-state index in [4.69, 9.17) is 9.47 Å². The summed E-state index contributed by atoms with van der Waals surface area (Å²) < 4.78 is 11.6. The number of hydrogen-bond donors (Lipinski definition) is 7. The summed E-state index contributed by atoms with van der Waals surface area (Å²) in [5.74, 6) is -2.48. The molecule has 1 unspecified atom stereocenters. The topological polar surface area (TPSA) is 218 Å². The van der Waals surface area contributed by atoms with Crippen molar-refractivity contribution in [2.24, 2.45) is 0 Å². The highest BCUT2D eigenvalue weighted by Crippen LogP contribution is 2.42. The van der Waals surface area contributed by atoms with Crippen molar-refractivity contribution in [3.8, 4) is 5.75 Å². The molecule has 3 fully saturated rings. The quantitative estimate of drug-likeness (QED) is 0.179. The van der Waals surface area contributed by atoms with Crippen LogP contribution in [0.2, 0.25) is 0 Å². The molecule has 7 N–H and O–H groups in total. The summed E-state index contributed by atoms with van der Waals surface area (Å²) in [7, 11) is 0. The number of aliphatic carboxylic acids is 1. The zero-order valence-electron chi connectivity index (χ0n) is 28.5. The monoisotopic (exact) mass is 678 g/mol. The Hall–Kier alpha value is -3.50. The highest BCUT2D eigenvalue weighted by Gasteiger charge is 2.56. The zero-order valence-corrected chi connectivity index (χ0v) is 28.5. The van der Waals surface area contributed by atoms with Gasteiger partial charge in [0.1, 0.15) is 23.6 Å². The average Bonchev–Trinajstić information content (AvgIpc) is 3.46. The fourth-order valence-electron chi connectivity index (χ4n) is 6.94. The molecule has 1 aromatic rings. The Labute approximate surface area is 280 Å². The minimum absolute atomic E-state index is 0.0521. The molecule has 4 rings (SSSR count). The van der Waals surface area contributed by atoms with Gasteiger partial charge in [-0.3, -0.25) is 14.5 Å². The summed E-state index contributed by atoms with van der Waals surface area (Å²) >= 11 is 0. The number of carboxylic acids is 1. The van der Waals surface area contributed by atoms with Crippen LogP contribution in [-0.4, -0.2) is 139 Å². The number of phenolic OH excluding ortho intramolecular Hbond substituents is 1. The number of likely N-dealkylation sites (tertiary alicyclic amines) is 2. The number of aromatic hydroxyl groups is 1. The molecule has 48 heavy (non-hydrogen) atoms. The van der Waals surface area contributed by atoms with Gasteiger partial charge in [0.15, 0.2) is 5.60 Å². The maximum Gasteiger partial charge on any atom is 0.410 e. The van der Waals surface area contributed by atoms with Gasteiger partial charge in [-0.2, -0.15) is 0 Å². The van der Waals surface area contributed by atoms with E-state index < -0.39 is 78.5 Å². The van der Waals surface area contributed by atoms with Gasteiger partial charge in [0, 0.05) is 63.6 Å². The first kappa shape index (κ1) is 37.3. The molecule has 15 heteroatoms. The highest BCUT2D eigenvalue weighted by molar-refractivity contribution is 5.94. The SMILES string of the molecule is CC(=O)N[C@H]1[C@H]([C@H](O)[C@H](O)CNC(=O)c2cc(C)c(O)c(C)c2)O[C@@](CCN2CCC23CCN(C(=O)OC(C)(C)C)C3)(C(=O)O)C[C@@H]1O. The number of rotatable bonds is 10. The van der Waals surface area contributed by atoms with Gasteiger partial charge in [-0.15, -0.1) is 0 Å². The summed E-state index contributed by atoms with van der Waals surface area (Å²) in [4.78, 5) is 54.1. The van der Waals surface area contributed by atoms with Crippen molar-refractivity contribution >= 4 is 23.9 Å². The van der Waals surface area contributed by atoms with E-state index in [1.807, 2.05) is 0 Å². The molecule has 268 valence electrons. The molecule has 0 bridgehead atoms. The fourth-order valence-corrected chi connectivity index (χ4v) is 6.94. The van der Waals surface area contributed by atoms with Gasteiger partial charge >= 0.3 is 12.1 Å². The van der Waals surface area contributed by atoms with E-state index in [1.54, 1.807) is 39.5 Å². The minimum atomic E-state index is -1.98. The number of carbonyl (C=O) groups is 4. The van der Waals surface area contributed by atoms with E-state index in [9.17, 15) is 44.7 Å². The molecule has 3 heterocycles. The van der Waals surface area contributed by atoms with Gasteiger partial charge in [-0.05, 0) is 70.7 Å². The maximum absolute atomic E-state index is 12.8. The van der Waals surface area contributed by atoms with Gasteiger partial charge in [0.2, 0.25) is 5.91 Å². The number of aliphatic hydroxyl groups excluding tert-OH is 3. The van der Waals surface area contributed by atoms with Crippen molar-refractivity contribution in [3.05, 3.63) is 28.8 Å². The fraction of sp³-hybridized carbons (Fsp3) is 0.697. The smallest absolute Gasteiger partial charge is 0.410 e. The number of aliphatic hydroxyl groups is 3. The number of amides is 3. The molecule has 15 nitrogen and oxygen atoms in total. The van der Waals surface area contributed by atoms with Crippen LogP contribution >= 0.6 is 0 Å². The predicted octanol–water partition coefficient (Wildman–Crippen LogP) is 0.414. The molecule has 0 saturated carbocycles. The van der Waals surface area contributed by atoms with Gasteiger partial charge in [0.25, 0.3) is 5.91 Å². The molecule has 1 aromatic carbocycles. The molecule has 0 radical (unpaired) electrons. The second-order valence-electron chi connectivity index (χ2n) is 14.5. The Kier molecular flexibility index (Phi) is 11.0. The number of benzene rings is 1. The van der Waals surface area contributed by atoms with Crippen molar-refractivity contribution in [1.82, 2.24) is 20.4 Å². The lowest BCUT2D eigenvalue weighted by atomic mass is 9.79. The summed E-state index contributed by atoms with van der Waals surface area (Å²) in [5.41, 5.74) is -1.79. The summed E-state index contributed by atoms with van der Waals surface area (Å²) in [6.07, 6.45) is -5.92. The number of phenols is 1. The first-order chi connectivity index (χ1) is 22.3. The third-order valence-corrected chi connectivity index (χ3v) is 9.67. The average molecular weight is 679 g/mol. The lowest BCUT2D eigenvalue weighted by Crippen LogP contribution is -2.68. The van der Waals surface area contributed by atoms with Gasteiger partial charge in [-0.25, -0.2) is 9.59 Å². The molecule has 0 aliphatic carbocycles. The zero-order chi connectivity index (χ0) is 35.8. The molecule has 3 aliphatic rings. The largest absolute Gasteiger partial charge is 0.507 e. The number of nitrogens with one attached hydrogen (secondary N) is 2. The van der Waals surface area contributed by atoms with Crippen LogP contribution in [0.15, 0.2) is 12.1 Å². The number of hydrogen-bond acceptors (Lipinski definition) is 11. The molecule has 3 aliphatic heterocycles. The van der Waals surface area contributed by atoms with Crippen LogP contribution in [0.1, 0.15) is 74.9 Å². The Morgan fingerprint density at radius 2 is 1.73 bits per heavy atom. The number of carboxylic acid groups (broad SMARTS) is 1. The molecular weight excluding hydrogens is 628 g/mol. The third-order valence-electron chi connectivity index (χ3n) is 9.67. The van der Waals surface area contributed by atoms with Crippen LogP contribution in [0.3, 0.4) is 0 Å². The van der Waals surface area contributed by atoms with E-state index in [0.717, 1.165) is 6.42 Å². The van der Waals surface area contributed by atoms with E-state index in [0.29, 0.717) is 37.2 Å². The lowest BCUT2D eigenvalue weighted by molar-refractivity contribution is -0.231. The standard InChI is InChI=1S/C33H50N4O11/c1-18-13-21(14-19(2)25(18)41)28(43)34-16-23(40)26(42)27-24(35-20(3)38)22(39)15-33(47-27,29(44)45)9-12-37-11-8-32(37)7-10-36(17-32)30(46)48-31(4,5)6/h13-14,22-24,26-27,39-42H,7-12,15-17H2,1-6H3,(H,34,43)(H,35,38)(H,44,45)/t22-,23+,24+,26+,27+,32?,33+/m0/s1. The van der Waals surface area contributed by atoms with Crippen molar-refractivity contribution in [3.63, 3.8) is 0 Å². The molecular formula is C33H50N4O11. The Morgan fingerprint density at radius 3 is 2.27 bits per heavy atom. The van der Waals surface area contributed by atoms with Crippen molar-refractivity contribution in [2.75, 3.05) is 32.7 Å². The summed E-state index contributed by atoms with van der Waals surface area (Å²) in [5, 5.41) is 58.8. The summed E-state index contributed by atoms with van der Waals surface area (Å²) in [6, 6.07) is 1.68. The van der Waals surface area contributed by atoms with Crippen LogP contribution in [-0.2, 0) is 19.1 Å². The molecule has 7 atom stereocenters. The maximum atomic E-state index is 12.8. The molecule has 0 aromatic heterocycles. The number of carbonyl (C=O) groups excluding carboxylic acids is 3. The van der Waals surface area contributed by atoms with Crippen LogP contribution in [0.5, 0.6) is 5.75 Å². The van der Waals surface area contributed by atoms with Crippen molar-refractivity contribution in [1.29, 1.82) is 0 Å². The molecule has 1 spiro atoms.